The van der Waals surface area contributed by atoms with Crippen LogP contribution in [0.5, 0.6) is 0 Å². The first-order valence-electron chi connectivity index (χ1n) is 12.6. The fourth-order valence-electron chi connectivity index (χ4n) is 4.60. The van der Waals surface area contributed by atoms with Gasteiger partial charge in [0.25, 0.3) is 0 Å². The van der Waals surface area contributed by atoms with E-state index in [1.165, 1.54) is 5.56 Å². The highest BCUT2D eigenvalue weighted by molar-refractivity contribution is 6.32. The molecule has 2 N–H and O–H groups in total. The second-order valence-corrected chi connectivity index (χ2v) is 10.1. The molecule has 1 atom stereocenters. The number of pyridine rings is 1. The van der Waals surface area contributed by atoms with Gasteiger partial charge in [0.15, 0.2) is 0 Å². The lowest BCUT2D eigenvalue weighted by Gasteiger charge is -2.42. The number of aromatic nitrogens is 1. The smallest absolute Gasteiger partial charge is 0.147 e. The molecule has 7 nitrogen and oxygen atoms in total. The summed E-state index contributed by atoms with van der Waals surface area (Å²) in [7, 11) is 0. The van der Waals surface area contributed by atoms with Crippen LogP contribution in [-0.2, 0) is 4.74 Å². The number of halogens is 1. The molecule has 36 heavy (non-hydrogen) atoms. The predicted molar refractivity (Wildman–Crippen MR) is 149 cm³/mol. The zero-order chi connectivity index (χ0) is 25.7. The van der Waals surface area contributed by atoms with Crippen molar-refractivity contribution in [3.05, 3.63) is 77.2 Å². The molecule has 0 unspecified atom stereocenters. The number of piperazine rings is 1. The average Bonchev–Trinajstić information content (AvgIpc) is 2.89. The molecule has 3 heterocycles. The van der Waals surface area contributed by atoms with Crippen molar-refractivity contribution < 1.29 is 4.74 Å². The van der Waals surface area contributed by atoms with E-state index in [1.807, 2.05) is 18.2 Å². The van der Waals surface area contributed by atoms with Gasteiger partial charge in [-0.2, -0.15) is 0 Å². The fraction of sp³-hybridized carbons (Fsp3) is 0.429. The molecule has 0 radical (unpaired) electrons. The highest BCUT2D eigenvalue weighted by atomic mass is 35.5. The number of ether oxygens (including phenoxy) is 1. The number of morpholine rings is 1. The van der Waals surface area contributed by atoms with Gasteiger partial charge in [-0.25, -0.2) is 9.98 Å². The van der Waals surface area contributed by atoms with Gasteiger partial charge in [-0.1, -0.05) is 50.2 Å². The van der Waals surface area contributed by atoms with Gasteiger partial charge >= 0.3 is 0 Å². The van der Waals surface area contributed by atoms with Crippen molar-refractivity contribution in [2.75, 3.05) is 50.8 Å². The van der Waals surface area contributed by atoms with E-state index in [1.54, 1.807) is 6.20 Å². The van der Waals surface area contributed by atoms with Gasteiger partial charge < -0.3 is 25.2 Å². The Hall–Kier alpha value is -3.03. The van der Waals surface area contributed by atoms with Gasteiger partial charge in [-0.15, -0.1) is 0 Å². The summed E-state index contributed by atoms with van der Waals surface area (Å²) in [5.41, 5.74) is 9.61. The number of amidine groups is 1. The summed E-state index contributed by atoms with van der Waals surface area (Å²) in [4.78, 5) is 16.2. The third-order valence-corrected chi connectivity index (χ3v) is 7.05. The van der Waals surface area contributed by atoms with Crippen LogP contribution < -0.4 is 10.6 Å². The Balaban J connectivity index is 1.62. The molecule has 0 saturated carbocycles. The first kappa shape index (κ1) is 26.0. The van der Waals surface area contributed by atoms with Crippen molar-refractivity contribution in [2.24, 2.45) is 10.7 Å². The van der Waals surface area contributed by atoms with Crippen LogP contribution >= 0.6 is 11.6 Å². The lowest BCUT2D eigenvalue weighted by atomic mass is 9.99. The van der Waals surface area contributed by atoms with Crippen LogP contribution in [-0.4, -0.2) is 72.6 Å². The molecule has 192 valence electrons. The molecule has 1 aromatic carbocycles. The summed E-state index contributed by atoms with van der Waals surface area (Å²) in [6.45, 7) is 16.1. The number of anilines is 1. The Bertz CT molecular complexity index is 1120. The van der Waals surface area contributed by atoms with E-state index < -0.39 is 0 Å². The third-order valence-electron chi connectivity index (χ3n) is 6.75. The van der Waals surface area contributed by atoms with Gasteiger partial charge in [0, 0.05) is 56.7 Å². The van der Waals surface area contributed by atoms with Crippen LogP contribution in [0.25, 0.3) is 5.70 Å². The van der Waals surface area contributed by atoms with Crippen LogP contribution in [0.2, 0.25) is 5.02 Å². The van der Waals surface area contributed by atoms with Crippen molar-refractivity contribution in [3.63, 3.8) is 0 Å². The summed E-state index contributed by atoms with van der Waals surface area (Å²) in [5.74, 6) is 2.80. The number of rotatable bonds is 6. The fourth-order valence-corrected chi connectivity index (χ4v) is 4.85. The van der Waals surface area contributed by atoms with Crippen molar-refractivity contribution in [3.8, 4) is 0 Å². The molecular weight excluding hydrogens is 472 g/mol. The average molecular weight is 509 g/mol. The molecule has 2 fully saturated rings. The Morgan fingerprint density at radius 2 is 1.97 bits per heavy atom. The van der Waals surface area contributed by atoms with Gasteiger partial charge in [0.2, 0.25) is 0 Å². The predicted octanol–water partition coefficient (Wildman–Crippen LogP) is 4.57. The van der Waals surface area contributed by atoms with Crippen LogP contribution in [0.1, 0.15) is 37.8 Å². The molecule has 4 rings (SSSR count). The molecule has 2 saturated heterocycles. The molecule has 2 aromatic rings. The zero-order valence-electron chi connectivity index (χ0n) is 21.5. The van der Waals surface area contributed by atoms with Gasteiger partial charge in [-0.3, -0.25) is 0 Å². The first-order valence-corrected chi connectivity index (χ1v) is 13.0. The van der Waals surface area contributed by atoms with E-state index in [4.69, 9.17) is 27.1 Å². The summed E-state index contributed by atoms with van der Waals surface area (Å²) in [5, 5.41) is 0.668. The largest absolute Gasteiger partial charge is 0.398 e. The number of nitrogens with two attached hydrogens (primary N) is 1. The summed E-state index contributed by atoms with van der Waals surface area (Å²) < 4.78 is 5.51. The molecule has 0 amide bonds. The van der Waals surface area contributed by atoms with E-state index in [2.05, 4.69) is 71.3 Å². The Labute approximate surface area is 219 Å². The topological polar surface area (TPSA) is 70.2 Å². The van der Waals surface area contributed by atoms with E-state index in [0.717, 1.165) is 55.8 Å². The van der Waals surface area contributed by atoms with Crippen molar-refractivity contribution >= 4 is 29.0 Å². The second kappa shape index (κ2) is 11.8. The monoisotopic (exact) mass is 508 g/mol. The Morgan fingerprint density at radius 3 is 2.67 bits per heavy atom. The maximum absolute atomic E-state index is 6.66. The van der Waals surface area contributed by atoms with Crippen LogP contribution in [0.4, 0.5) is 5.82 Å². The quantitative estimate of drug-likeness (QED) is 0.455. The number of hydrogen-bond acceptors (Lipinski definition) is 6. The Morgan fingerprint density at radius 1 is 1.19 bits per heavy atom. The van der Waals surface area contributed by atoms with E-state index in [-0.39, 0.29) is 6.04 Å². The second-order valence-electron chi connectivity index (χ2n) is 9.66. The SMILES string of the molecule is C=C(/N=C(\C=C(/N)c1cccc(C(C)C)c1)N1CCN(c2ncccc2Cl)C[C@H]1C)N1CCOCC1. The van der Waals surface area contributed by atoms with Crippen LogP contribution in [0, 0.1) is 0 Å². The standard InChI is InChI=1S/C28H37ClN6O/c1-20(2)23-7-5-8-24(17-23)26(30)18-27(32-22(4)33-13-15-36-16-14-33)35-12-11-34(19-21(35)3)28-25(29)9-6-10-31-28/h5-10,17-18,20-21H,4,11-16,19,30H2,1-3H3/b26-18-,32-27+/t21-/m1/s1. The van der Waals surface area contributed by atoms with Gasteiger partial charge in [-0.05, 0) is 42.2 Å². The minimum Gasteiger partial charge on any atom is -0.398 e. The number of hydrogen-bond donors (Lipinski definition) is 1. The molecule has 2 aliphatic heterocycles. The maximum Gasteiger partial charge on any atom is 0.147 e. The molecular formula is C28H37ClN6O. The Kier molecular flexibility index (Phi) is 8.54. The van der Waals surface area contributed by atoms with Crippen LogP contribution in [0.15, 0.2) is 66.1 Å². The minimum absolute atomic E-state index is 0.166. The summed E-state index contributed by atoms with van der Waals surface area (Å²) >= 11 is 6.44. The highest BCUT2D eigenvalue weighted by Crippen LogP contribution is 2.26. The number of nitrogens with zero attached hydrogens (tertiary/aromatic N) is 5. The van der Waals surface area contributed by atoms with Crippen LogP contribution in [0.3, 0.4) is 0 Å². The summed E-state index contributed by atoms with van der Waals surface area (Å²) in [6.07, 6.45) is 3.77. The van der Waals surface area contributed by atoms with E-state index in [9.17, 15) is 0 Å². The molecule has 0 spiro atoms. The molecule has 8 heteroatoms. The summed E-state index contributed by atoms with van der Waals surface area (Å²) in [6, 6.07) is 12.3. The molecule has 2 aliphatic rings. The lowest BCUT2D eigenvalue weighted by Crippen LogP contribution is -2.54. The van der Waals surface area contributed by atoms with Gasteiger partial charge in [0.05, 0.1) is 18.2 Å². The number of benzene rings is 1. The third kappa shape index (κ3) is 6.20. The van der Waals surface area contributed by atoms with Crippen molar-refractivity contribution in [2.45, 2.75) is 32.7 Å². The van der Waals surface area contributed by atoms with Crippen molar-refractivity contribution in [1.29, 1.82) is 0 Å². The normalized spacial score (nSPS) is 19.7. The maximum atomic E-state index is 6.66. The van der Waals surface area contributed by atoms with Gasteiger partial charge in [0.1, 0.15) is 17.5 Å². The van der Waals surface area contributed by atoms with E-state index in [0.29, 0.717) is 29.9 Å². The number of aliphatic imine (C=N–C) groups is 1. The van der Waals surface area contributed by atoms with Crippen molar-refractivity contribution in [1.82, 2.24) is 14.8 Å². The lowest BCUT2D eigenvalue weighted by molar-refractivity contribution is 0.0533. The molecule has 0 bridgehead atoms. The highest BCUT2D eigenvalue weighted by Gasteiger charge is 2.28. The minimum atomic E-state index is 0.166. The molecule has 1 aromatic heterocycles. The molecule has 0 aliphatic carbocycles. The zero-order valence-corrected chi connectivity index (χ0v) is 22.3. The first-order chi connectivity index (χ1) is 17.3. The van der Waals surface area contributed by atoms with E-state index >= 15 is 0 Å².